The summed E-state index contributed by atoms with van der Waals surface area (Å²) < 4.78 is 0. The third-order valence-electron chi connectivity index (χ3n) is 12.3. The summed E-state index contributed by atoms with van der Waals surface area (Å²) in [4.78, 5) is 10.3. The van der Waals surface area contributed by atoms with Crippen molar-refractivity contribution in [1.29, 1.82) is 0 Å². The number of fused-ring (bicyclic) bond motifs is 4. The SMILES string of the molecule is CCC1(CC)c2ccccc2-c2ccc(-c3ccc(-c4ccc(-c5cc(-c6ccc(-c7ccccc7)cc6)nc(-c6ccccc6)n5)c5ccccc45)cc3)cc21. The molecule has 57 heavy (non-hydrogen) atoms. The van der Waals surface area contributed by atoms with Crippen molar-refractivity contribution in [2.24, 2.45) is 0 Å². The Morgan fingerprint density at radius 3 is 1.51 bits per heavy atom. The van der Waals surface area contributed by atoms with E-state index in [0.717, 1.165) is 46.3 Å². The van der Waals surface area contributed by atoms with Crippen molar-refractivity contribution in [2.75, 3.05) is 0 Å². The zero-order chi connectivity index (χ0) is 38.3. The van der Waals surface area contributed by atoms with E-state index < -0.39 is 0 Å². The molecule has 0 saturated carbocycles. The molecule has 0 amide bonds. The number of aromatic nitrogens is 2. The van der Waals surface area contributed by atoms with E-state index in [4.69, 9.17) is 9.97 Å². The van der Waals surface area contributed by atoms with Gasteiger partial charge in [0.15, 0.2) is 5.82 Å². The predicted octanol–water partition coefficient (Wildman–Crippen LogP) is 14.7. The van der Waals surface area contributed by atoms with Crippen LogP contribution in [0.25, 0.3) is 89.2 Å². The zero-order valence-electron chi connectivity index (χ0n) is 32.3. The Labute approximate surface area is 335 Å². The summed E-state index contributed by atoms with van der Waals surface area (Å²) in [6.07, 6.45) is 2.18. The molecule has 0 saturated heterocycles. The molecule has 0 fully saturated rings. The van der Waals surface area contributed by atoms with E-state index in [1.165, 1.54) is 61.0 Å². The molecule has 8 aromatic carbocycles. The van der Waals surface area contributed by atoms with Crippen molar-refractivity contribution in [2.45, 2.75) is 32.1 Å². The Balaban J connectivity index is 1.03. The molecule has 0 spiro atoms. The molecule has 1 aliphatic carbocycles. The molecular formula is C55H42N2. The molecule has 1 heterocycles. The van der Waals surface area contributed by atoms with Crippen molar-refractivity contribution < 1.29 is 0 Å². The molecule has 272 valence electrons. The van der Waals surface area contributed by atoms with E-state index in [2.05, 4.69) is 190 Å². The van der Waals surface area contributed by atoms with E-state index in [1.807, 2.05) is 18.2 Å². The number of hydrogen-bond acceptors (Lipinski definition) is 2. The lowest BCUT2D eigenvalue weighted by molar-refractivity contribution is 0.490. The lowest BCUT2D eigenvalue weighted by atomic mass is 9.73. The molecule has 2 nitrogen and oxygen atoms in total. The van der Waals surface area contributed by atoms with Gasteiger partial charge in [-0.15, -0.1) is 0 Å². The Morgan fingerprint density at radius 2 is 0.807 bits per heavy atom. The molecule has 0 N–H and O–H groups in total. The van der Waals surface area contributed by atoms with E-state index in [0.29, 0.717) is 5.82 Å². The maximum absolute atomic E-state index is 5.21. The van der Waals surface area contributed by atoms with Gasteiger partial charge in [-0.3, -0.25) is 0 Å². The topological polar surface area (TPSA) is 25.8 Å². The van der Waals surface area contributed by atoms with Crippen LogP contribution in [0, 0.1) is 0 Å². The van der Waals surface area contributed by atoms with Gasteiger partial charge in [-0.25, -0.2) is 9.97 Å². The molecule has 0 aliphatic heterocycles. The van der Waals surface area contributed by atoms with Crippen molar-refractivity contribution in [1.82, 2.24) is 9.97 Å². The Hall–Kier alpha value is -6.90. The van der Waals surface area contributed by atoms with Crippen LogP contribution >= 0.6 is 0 Å². The van der Waals surface area contributed by atoms with E-state index in [9.17, 15) is 0 Å². The average Bonchev–Trinajstić information content (AvgIpc) is 3.58. The van der Waals surface area contributed by atoms with Crippen LogP contribution in [-0.4, -0.2) is 9.97 Å². The summed E-state index contributed by atoms with van der Waals surface area (Å²) >= 11 is 0. The second-order valence-corrected chi connectivity index (χ2v) is 15.2. The largest absolute Gasteiger partial charge is 0.228 e. The molecule has 2 heteroatoms. The normalized spacial score (nSPS) is 12.7. The number of nitrogens with zero attached hydrogens (tertiary/aromatic N) is 2. The molecule has 0 radical (unpaired) electrons. The Kier molecular flexibility index (Phi) is 8.68. The highest BCUT2D eigenvalue weighted by Gasteiger charge is 2.40. The summed E-state index contributed by atoms with van der Waals surface area (Å²) in [5.41, 5.74) is 18.0. The second kappa shape index (κ2) is 14.3. The maximum Gasteiger partial charge on any atom is 0.160 e. The van der Waals surface area contributed by atoms with Gasteiger partial charge in [0.25, 0.3) is 0 Å². The summed E-state index contributed by atoms with van der Waals surface area (Å²) in [5, 5.41) is 2.36. The molecule has 1 aromatic heterocycles. The van der Waals surface area contributed by atoms with Gasteiger partial charge in [-0.05, 0) is 91.4 Å². The van der Waals surface area contributed by atoms with Crippen LogP contribution in [0.1, 0.15) is 37.8 Å². The van der Waals surface area contributed by atoms with Crippen LogP contribution in [-0.2, 0) is 5.41 Å². The third kappa shape index (κ3) is 5.97. The van der Waals surface area contributed by atoms with Crippen LogP contribution in [0.3, 0.4) is 0 Å². The standard InChI is InChI=1S/C55H42N2/c1-3-55(4-2)50-22-14-13-21-47(50)48-32-31-43(35-51(48)55)39-23-27-40(28-24-39)44-33-34-49(46-20-12-11-19-45(44)46)53-36-52(56-54(57-53)42-17-9-6-10-18-42)41-29-25-38(26-30-41)37-15-7-5-8-16-37/h5-36H,3-4H2,1-2H3. The lowest BCUT2D eigenvalue weighted by Gasteiger charge is -2.30. The molecule has 9 aromatic rings. The quantitative estimate of drug-likeness (QED) is 0.156. The molecule has 0 bridgehead atoms. The summed E-state index contributed by atoms with van der Waals surface area (Å²) in [6.45, 7) is 4.67. The van der Waals surface area contributed by atoms with Crippen LogP contribution in [0.2, 0.25) is 0 Å². The Bertz CT molecular complexity index is 2890. The minimum absolute atomic E-state index is 0.0574. The van der Waals surface area contributed by atoms with Crippen molar-refractivity contribution in [3.8, 4) is 78.4 Å². The number of benzene rings is 8. The molecule has 1 aliphatic rings. The van der Waals surface area contributed by atoms with Crippen molar-refractivity contribution in [3.63, 3.8) is 0 Å². The van der Waals surface area contributed by atoms with E-state index >= 15 is 0 Å². The predicted molar refractivity (Wildman–Crippen MR) is 239 cm³/mol. The molecule has 0 unspecified atom stereocenters. The lowest BCUT2D eigenvalue weighted by Crippen LogP contribution is -2.23. The summed E-state index contributed by atoms with van der Waals surface area (Å²) in [6, 6.07) is 70.0. The highest BCUT2D eigenvalue weighted by Crippen LogP contribution is 2.53. The minimum Gasteiger partial charge on any atom is -0.228 e. The average molecular weight is 731 g/mol. The fourth-order valence-electron chi connectivity index (χ4n) is 9.18. The highest BCUT2D eigenvalue weighted by atomic mass is 14.9. The first-order valence-electron chi connectivity index (χ1n) is 20.1. The third-order valence-corrected chi connectivity index (χ3v) is 12.3. The monoisotopic (exact) mass is 730 g/mol. The fourth-order valence-corrected chi connectivity index (χ4v) is 9.18. The highest BCUT2D eigenvalue weighted by molar-refractivity contribution is 6.05. The summed E-state index contributed by atoms with van der Waals surface area (Å²) in [5.74, 6) is 0.713. The van der Waals surface area contributed by atoms with Gasteiger partial charge in [0, 0.05) is 22.1 Å². The summed E-state index contributed by atoms with van der Waals surface area (Å²) in [7, 11) is 0. The first kappa shape index (κ1) is 34.6. The first-order chi connectivity index (χ1) is 28.1. The van der Waals surface area contributed by atoms with Crippen LogP contribution in [0.4, 0.5) is 0 Å². The van der Waals surface area contributed by atoms with Crippen molar-refractivity contribution in [3.05, 3.63) is 205 Å². The fraction of sp³-hybridized carbons (Fsp3) is 0.0909. The number of rotatable bonds is 8. The maximum atomic E-state index is 5.21. The van der Waals surface area contributed by atoms with Gasteiger partial charge in [-0.2, -0.15) is 0 Å². The van der Waals surface area contributed by atoms with Gasteiger partial charge in [0.1, 0.15) is 0 Å². The van der Waals surface area contributed by atoms with Gasteiger partial charge in [-0.1, -0.05) is 196 Å². The molecular weight excluding hydrogens is 689 g/mol. The molecule has 0 atom stereocenters. The van der Waals surface area contributed by atoms with Gasteiger partial charge in [0.2, 0.25) is 0 Å². The Morgan fingerprint density at radius 1 is 0.333 bits per heavy atom. The minimum atomic E-state index is 0.0574. The van der Waals surface area contributed by atoms with Crippen LogP contribution in [0.15, 0.2) is 194 Å². The van der Waals surface area contributed by atoms with Gasteiger partial charge < -0.3 is 0 Å². The van der Waals surface area contributed by atoms with Crippen molar-refractivity contribution >= 4 is 10.8 Å². The van der Waals surface area contributed by atoms with E-state index in [1.54, 1.807) is 0 Å². The first-order valence-corrected chi connectivity index (χ1v) is 20.1. The number of hydrogen-bond donors (Lipinski definition) is 0. The zero-order valence-corrected chi connectivity index (χ0v) is 32.3. The smallest absolute Gasteiger partial charge is 0.160 e. The second-order valence-electron chi connectivity index (χ2n) is 15.2. The van der Waals surface area contributed by atoms with Gasteiger partial charge in [0.05, 0.1) is 11.4 Å². The van der Waals surface area contributed by atoms with E-state index in [-0.39, 0.29) is 5.41 Å². The van der Waals surface area contributed by atoms with Crippen LogP contribution in [0.5, 0.6) is 0 Å². The van der Waals surface area contributed by atoms with Gasteiger partial charge >= 0.3 is 0 Å². The molecule has 10 rings (SSSR count). The van der Waals surface area contributed by atoms with Crippen LogP contribution < -0.4 is 0 Å².